The van der Waals surface area contributed by atoms with Gasteiger partial charge in [0.25, 0.3) is 0 Å². The van der Waals surface area contributed by atoms with Gasteiger partial charge in [0.15, 0.2) is 0 Å². The van der Waals surface area contributed by atoms with Crippen molar-refractivity contribution >= 4 is 34.4 Å². The lowest BCUT2D eigenvalue weighted by atomic mass is 10.3. The number of rotatable bonds is 10. The predicted molar refractivity (Wildman–Crippen MR) is 121 cm³/mol. The van der Waals surface area contributed by atoms with Gasteiger partial charge in [-0.2, -0.15) is 25.3 Å². The Hall–Kier alpha value is -4.15. The molecule has 10 heteroatoms. The third-order valence-corrected chi connectivity index (χ3v) is 4.09. The molecular weight excluding hydrogens is 426 g/mol. The van der Waals surface area contributed by atoms with E-state index in [4.69, 9.17) is 4.74 Å². The molecule has 0 bridgehead atoms. The van der Waals surface area contributed by atoms with Crippen LogP contribution in [0.1, 0.15) is 6.92 Å². The molecule has 0 amide bonds. The van der Waals surface area contributed by atoms with Gasteiger partial charge in [0.2, 0.25) is 6.79 Å². The summed E-state index contributed by atoms with van der Waals surface area (Å²) in [5.41, 5.74) is 3.92. The van der Waals surface area contributed by atoms with Crippen LogP contribution in [0.15, 0.2) is 93.3 Å². The van der Waals surface area contributed by atoms with Gasteiger partial charge in [0.05, 0.1) is 22.7 Å². The Morgan fingerprint density at radius 3 is 1.58 bits per heavy atom. The van der Waals surface area contributed by atoms with E-state index in [1.54, 1.807) is 24.3 Å². The first-order valence-corrected chi connectivity index (χ1v) is 9.90. The number of anilines is 1. The Labute approximate surface area is 190 Å². The topological polar surface area (TPSA) is 107 Å². The summed E-state index contributed by atoms with van der Waals surface area (Å²) in [6.45, 7) is 0.933. The minimum atomic E-state index is -0.630. The maximum atomic E-state index is 10.5. The van der Waals surface area contributed by atoms with Gasteiger partial charge < -0.3 is 9.64 Å². The minimum absolute atomic E-state index is 0.251. The van der Waals surface area contributed by atoms with Gasteiger partial charge in [-0.05, 0) is 77.8 Å². The Morgan fingerprint density at radius 1 is 0.727 bits per heavy atom. The molecule has 0 aliphatic rings. The van der Waals surface area contributed by atoms with Crippen LogP contribution in [-0.2, 0) is 19.6 Å². The maximum Gasteiger partial charge on any atom is 0.342 e. The van der Waals surface area contributed by atoms with E-state index in [2.05, 4.69) is 35.3 Å². The lowest BCUT2D eigenvalue weighted by Crippen LogP contribution is -2.07. The molecule has 0 atom stereocenters. The van der Waals surface area contributed by atoms with Crippen LogP contribution in [0.3, 0.4) is 0 Å². The van der Waals surface area contributed by atoms with Gasteiger partial charge in [-0.3, -0.25) is 4.89 Å². The molecule has 0 aliphatic carbocycles. The number of ether oxygens (including phenoxy) is 1. The molecule has 0 aromatic heterocycles. The fourth-order valence-corrected chi connectivity index (χ4v) is 2.43. The summed E-state index contributed by atoms with van der Waals surface area (Å²) < 4.78 is 5.26. The van der Waals surface area contributed by atoms with E-state index in [9.17, 15) is 4.79 Å². The molecule has 0 saturated heterocycles. The Morgan fingerprint density at radius 2 is 1.15 bits per heavy atom. The molecule has 0 spiro atoms. The lowest BCUT2D eigenvalue weighted by molar-refractivity contribution is -0.498. The Bertz CT molecular complexity index is 1080. The van der Waals surface area contributed by atoms with Crippen molar-refractivity contribution in [2.75, 3.05) is 25.8 Å². The van der Waals surface area contributed by atoms with E-state index < -0.39 is 5.97 Å². The summed E-state index contributed by atoms with van der Waals surface area (Å²) in [6, 6.07) is 21.9. The van der Waals surface area contributed by atoms with Gasteiger partial charge >= 0.3 is 5.97 Å². The van der Waals surface area contributed by atoms with Crippen molar-refractivity contribution in [2.45, 2.75) is 6.92 Å². The molecule has 170 valence electrons. The van der Waals surface area contributed by atoms with E-state index in [0.717, 1.165) is 11.4 Å². The zero-order valence-electron chi connectivity index (χ0n) is 18.4. The highest BCUT2D eigenvalue weighted by Crippen LogP contribution is 2.25. The summed E-state index contributed by atoms with van der Waals surface area (Å²) in [7, 11) is 3.98. The van der Waals surface area contributed by atoms with Crippen molar-refractivity contribution in [3.8, 4) is 5.75 Å². The molecule has 0 aliphatic heterocycles. The van der Waals surface area contributed by atoms with E-state index in [1.807, 2.05) is 67.5 Å². The molecule has 0 radical (unpaired) electrons. The average molecular weight is 449 g/mol. The van der Waals surface area contributed by atoms with Gasteiger partial charge in [0, 0.05) is 26.7 Å². The van der Waals surface area contributed by atoms with E-state index in [0.29, 0.717) is 22.8 Å². The number of hydrogen-bond acceptors (Lipinski definition) is 10. The van der Waals surface area contributed by atoms with Gasteiger partial charge in [-0.1, -0.05) is 0 Å². The monoisotopic (exact) mass is 449 g/mol. The van der Waals surface area contributed by atoms with Gasteiger partial charge in [-0.15, -0.1) is 0 Å². The SMILES string of the molecule is CC(=O)OOOCOc1ccc(N=Nc2ccc(N=Nc3ccc(N(C)C)cc3)cc2)cc1. The van der Waals surface area contributed by atoms with Crippen LogP contribution >= 0.6 is 0 Å². The quantitative estimate of drug-likeness (QED) is 0.117. The van der Waals surface area contributed by atoms with Crippen molar-refractivity contribution in [1.82, 2.24) is 0 Å². The van der Waals surface area contributed by atoms with Crippen LogP contribution in [0.4, 0.5) is 28.4 Å². The second-order valence-corrected chi connectivity index (χ2v) is 6.84. The fraction of sp³-hybridized carbons (Fsp3) is 0.174. The molecule has 0 unspecified atom stereocenters. The van der Waals surface area contributed by atoms with Crippen molar-refractivity contribution < 1.29 is 24.3 Å². The van der Waals surface area contributed by atoms with Crippen molar-refractivity contribution in [1.29, 1.82) is 0 Å². The number of carbonyl (C=O) groups excluding carboxylic acids is 1. The van der Waals surface area contributed by atoms with E-state index in [-0.39, 0.29) is 6.79 Å². The molecule has 3 rings (SSSR count). The van der Waals surface area contributed by atoms with Crippen molar-refractivity contribution in [3.05, 3.63) is 72.8 Å². The number of benzene rings is 3. The fourth-order valence-electron chi connectivity index (χ4n) is 2.43. The first-order chi connectivity index (χ1) is 16.0. The average Bonchev–Trinajstić information content (AvgIpc) is 2.82. The summed E-state index contributed by atoms with van der Waals surface area (Å²) in [5.74, 6) is -0.110. The van der Waals surface area contributed by atoms with Crippen LogP contribution < -0.4 is 9.64 Å². The van der Waals surface area contributed by atoms with Crippen molar-refractivity contribution in [2.24, 2.45) is 20.5 Å². The highest BCUT2D eigenvalue weighted by Gasteiger charge is 1.99. The van der Waals surface area contributed by atoms with Crippen LogP contribution in [0.2, 0.25) is 0 Å². The highest BCUT2D eigenvalue weighted by molar-refractivity contribution is 5.65. The lowest BCUT2D eigenvalue weighted by Gasteiger charge is -2.11. The number of azo groups is 2. The minimum Gasteiger partial charge on any atom is -0.464 e. The van der Waals surface area contributed by atoms with Crippen LogP contribution in [-0.4, -0.2) is 26.9 Å². The Balaban J connectivity index is 1.48. The maximum absolute atomic E-state index is 10.5. The summed E-state index contributed by atoms with van der Waals surface area (Å²) in [4.78, 5) is 21.2. The van der Waals surface area contributed by atoms with Crippen LogP contribution in [0, 0.1) is 0 Å². The second kappa shape index (κ2) is 12.0. The molecular formula is C23H23N5O5. The molecule has 0 saturated carbocycles. The third-order valence-electron chi connectivity index (χ3n) is 4.09. The molecule has 33 heavy (non-hydrogen) atoms. The first-order valence-electron chi connectivity index (χ1n) is 9.90. The van der Waals surface area contributed by atoms with Crippen LogP contribution in [0.25, 0.3) is 0 Å². The van der Waals surface area contributed by atoms with Crippen LogP contribution in [0.5, 0.6) is 5.75 Å². The largest absolute Gasteiger partial charge is 0.464 e. The molecule has 0 N–H and O–H groups in total. The van der Waals surface area contributed by atoms with Gasteiger partial charge in [0.1, 0.15) is 5.75 Å². The molecule has 0 heterocycles. The first kappa shape index (κ1) is 23.5. The zero-order chi connectivity index (χ0) is 23.5. The predicted octanol–water partition coefficient (Wildman–Crippen LogP) is 6.35. The summed E-state index contributed by atoms with van der Waals surface area (Å²) >= 11 is 0. The molecule has 3 aromatic rings. The summed E-state index contributed by atoms with van der Waals surface area (Å²) in [5, 5.41) is 21.1. The normalized spacial score (nSPS) is 11.1. The van der Waals surface area contributed by atoms with E-state index in [1.165, 1.54) is 6.92 Å². The zero-order valence-corrected chi connectivity index (χ0v) is 18.4. The molecule has 3 aromatic carbocycles. The van der Waals surface area contributed by atoms with Gasteiger partial charge in [-0.25, -0.2) is 4.79 Å². The summed E-state index contributed by atoms with van der Waals surface area (Å²) in [6.07, 6.45) is 0. The molecule has 10 nitrogen and oxygen atoms in total. The number of carbonyl (C=O) groups is 1. The van der Waals surface area contributed by atoms with E-state index >= 15 is 0 Å². The standard InChI is InChI=1S/C23H23N5O5/c1-17(29)32-33-31-16-30-23-14-10-21(11-15-23)27-25-19-6-4-18(5-7-19)24-26-20-8-12-22(13-9-20)28(2)3/h4-15H,16H2,1-3H3. The van der Waals surface area contributed by atoms with Crippen molar-refractivity contribution in [3.63, 3.8) is 0 Å². The second-order valence-electron chi connectivity index (χ2n) is 6.84. The number of nitrogens with zero attached hydrogens (tertiary/aromatic N) is 5. The molecule has 0 fully saturated rings. The number of hydrogen-bond donors (Lipinski definition) is 0. The highest BCUT2D eigenvalue weighted by atomic mass is 17.5. The third kappa shape index (κ3) is 8.13. The smallest absolute Gasteiger partial charge is 0.342 e. The Kier molecular flexibility index (Phi) is 8.57.